The molecule has 31 heavy (non-hydrogen) atoms. The van der Waals surface area contributed by atoms with E-state index in [-0.39, 0.29) is 19.6 Å². The van der Waals surface area contributed by atoms with E-state index in [0.717, 1.165) is 23.3 Å². The van der Waals surface area contributed by atoms with Crippen molar-refractivity contribution in [1.29, 1.82) is 0 Å². The van der Waals surface area contributed by atoms with Gasteiger partial charge in [-0.25, -0.2) is 9.59 Å². The Balaban J connectivity index is 1.50. The van der Waals surface area contributed by atoms with E-state index >= 15 is 0 Å². The number of amides is 1. The van der Waals surface area contributed by atoms with Crippen LogP contribution in [0.4, 0.5) is 18.0 Å². The Bertz CT molecular complexity index is 921. The zero-order valence-corrected chi connectivity index (χ0v) is 16.6. The average Bonchev–Trinajstić information content (AvgIpc) is 3.20. The maximum Gasteiger partial charge on any atom is 0.416 e. The van der Waals surface area contributed by atoms with Gasteiger partial charge in [0.25, 0.3) is 0 Å². The number of alkyl carbamates (subject to hydrolysis) is 1. The lowest BCUT2D eigenvalue weighted by molar-refractivity contribution is -0.159. The molecule has 1 atom stereocenters. The molecule has 0 saturated carbocycles. The fourth-order valence-corrected chi connectivity index (χ4v) is 3.42. The van der Waals surface area contributed by atoms with Gasteiger partial charge in [0.05, 0.1) is 5.56 Å². The van der Waals surface area contributed by atoms with E-state index in [1.807, 2.05) is 0 Å². The zero-order valence-electron chi connectivity index (χ0n) is 16.6. The Morgan fingerprint density at radius 2 is 1.81 bits per heavy atom. The Kier molecular flexibility index (Phi) is 6.84. The van der Waals surface area contributed by atoms with Crippen molar-refractivity contribution >= 4 is 12.1 Å². The lowest BCUT2D eigenvalue weighted by Gasteiger charge is -2.23. The van der Waals surface area contributed by atoms with Crippen LogP contribution in [0.15, 0.2) is 48.5 Å². The molecule has 1 aliphatic heterocycles. The molecule has 0 radical (unpaired) electrons. The molecule has 1 fully saturated rings. The van der Waals surface area contributed by atoms with Crippen molar-refractivity contribution in [3.63, 3.8) is 0 Å². The number of carboxylic acids is 1. The molecule has 1 saturated heterocycles. The summed E-state index contributed by atoms with van der Waals surface area (Å²) >= 11 is 0. The van der Waals surface area contributed by atoms with E-state index in [1.54, 1.807) is 24.3 Å². The van der Waals surface area contributed by atoms with Gasteiger partial charge >= 0.3 is 18.2 Å². The maximum atomic E-state index is 12.6. The third kappa shape index (κ3) is 5.97. The van der Waals surface area contributed by atoms with Crippen LogP contribution in [-0.4, -0.2) is 29.4 Å². The molecule has 9 heteroatoms. The zero-order chi connectivity index (χ0) is 22.5. The molecule has 2 aromatic rings. The van der Waals surface area contributed by atoms with Gasteiger partial charge in [-0.2, -0.15) is 13.2 Å². The number of ether oxygens (including phenoxy) is 2. The molecule has 2 aromatic carbocycles. The van der Waals surface area contributed by atoms with Crippen molar-refractivity contribution in [2.24, 2.45) is 0 Å². The van der Waals surface area contributed by atoms with E-state index in [1.165, 1.54) is 12.1 Å². The number of hydrogen-bond donors (Lipinski definition) is 2. The number of carbonyl (C=O) groups excluding carboxylic acids is 1. The van der Waals surface area contributed by atoms with Gasteiger partial charge in [0.15, 0.2) is 5.60 Å². The standard InChI is InChI=1S/C22H22F3NO5/c23-22(24,25)18-7-5-15(6-8-18)14-30-20(29)26-13-17-4-1-3-16(11-17)12-21(19(27)28)9-2-10-31-21/h1,3-8,11H,2,9-10,12-14H2,(H,26,29)(H,27,28). The number of alkyl halides is 3. The number of benzene rings is 2. The van der Waals surface area contributed by atoms with E-state index in [2.05, 4.69) is 5.32 Å². The monoisotopic (exact) mass is 437 g/mol. The molecule has 1 heterocycles. The number of hydrogen-bond acceptors (Lipinski definition) is 4. The van der Waals surface area contributed by atoms with Crippen LogP contribution in [0.2, 0.25) is 0 Å². The van der Waals surface area contributed by atoms with Crippen molar-refractivity contribution < 1.29 is 37.3 Å². The van der Waals surface area contributed by atoms with Crippen molar-refractivity contribution in [3.05, 3.63) is 70.8 Å². The van der Waals surface area contributed by atoms with E-state index < -0.39 is 29.4 Å². The van der Waals surface area contributed by atoms with Gasteiger partial charge in [-0.1, -0.05) is 36.4 Å². The fraction of sp³-hybridized carbons (Fsp3) is 0.364. The third-order valence-corrected chi connectivity index (χ3v) is 5.06. The van der Waals surface area contributed by atoms with Crippen LogP contribution in [0.25, 0.3) is 0 Å². The topological polar surface area (TPSA) is 84.9 Å². The number of aliphatic carboxylic acids is 1. The van der Waals surface area contributed by atoms with Gasteiger partial charge in [-0.05, 0) is 41.7 Å². The highest BCUT2D eigenvalue weighted by Gasteiger charge is 2.42. The molecule has 166 valence electrons. The molecular formula is C22H22F3NO5. The number of carbonyl (C=O) groups is 2. The van der Waals surface area contributed by atoms with Crippen molar-refractivity contribution in [2.75, 3.05) is 6.61 Å². The van der Waals surface area contributed by atoms with Crippen LogP contribution >= 0.6 is 0 Å². The van der Waals surface area contributed by atoms with Crippen molar-refractivity contribution in [3.8, 4) is 0 Å². The van der Waals surface area contributed by atoms with Gasteiger partial charge in [0.2, 0.25) is 0 Å². The Morgan fingerprint density at radius 1 is 1.10 bits per heavy atom. The van der Waals surface area contributed by atoms with E-state index in [0.29, 0.717) is 25.0 Å². The summed E-state index contributed by atoms with van der Waals surface area (Å²) in [6.45, 7) is 0.404. The summed E-state index contributed by atoms with van der Waals surface area (Å²) in [7, 11) is 0. The summed E-state index contributed by atoms with van der Waals surface area (Å²) < 4.78 is 48.2. The Hall–Kier alpha value is -3.07. The number of nitrogens with one attached hydrogen (secondary N) is 1. The molecule has 0 spiro atoms. The third-order valence-electron chi connectivity index (χ3n) is 5.06. The van der Waals surface area contributed by atoms with Crippen LogP contribution < -0.4 is 5.32 Å². The smallest absolute Gasteiger partial charge is 0.416 e. The SMILES string of the molecule is O=C(NCc1cccc(CC2(C(=O)O)CCCO2)c1)OCc1ccc(C(F)(F)F)cc1. The summed E-state index contributed by atoms with van der Waals surface area (Å²) in [5.74, 6) is -0.986. The van der Waals surface area contributed by atoms with Gasteiger partial charge < -0.3 is 19.9 Å². The molecule has 2 N–H and O–H groups in total. The van der Waals surface area contributed by atoms with Crippen LogP contribution in [0.5, 0.6) is 0 Å². The molecule has 1 unspecified atom stereocenters. The predicted molar refractivity (Wildman–Crippen MR) is 104 cm³/mol. The second-order valence-corrected chi connectivity index (χ2v) is 7.37. The number of carboxylic acid groups (broad SMARTS) is 1. The van der Waals surface area contributed by atoms with Gasteiger partial charge in [-0.15, -0.1) is 0 Å². The Labute approximate surface area is 177 Å². The Morgan fingerprint density at radius 3 is 2.42 bits per heavy atom. The predicted octanol–water partition coefficient (Wildman–Crippen LogP) is 4.31. The summed E-state index contributed by atoms with van der Waals surface area (Å²) in [4.78, 5) is 23.5. The summed E-state index contributed by atoms with van der Waals surface area (Å²) in [6.07, 6.45) is -3.76. The first-order valence-corrected chi connectivity index (χ1v) is 9.70. The molecule has 1 aliphatic rings. The van der Waals surface area contributed by atoms with Crippen molar-refractivity contribution in [2.45, 2.75) is 44.2 Å². The van der Waals surface area contributed by atoms with Crippen LogP contribution in [-0.2, 0) is 40.0 Å². The molecule has 3 rings (SSSR count). The summed E-state index contributed by atoms with van der Waals surface area (Å²) in [6, 6.07) is 11.5. The fourth-order valence-electron chi connectivity index (χ4n) is 3.42. The average molecular weight is 437 g/mol. The van der Waals surface area contributed by atoms with Gasteiger partial charge in [-0.3, -0.25) is 0 Å². The van der Waals surface area contributed by atoms with Crippen LogP contribution in [0.1, 0.15) is 35.1 Å². The quantitative estimate of drug-likeness (QED) is 0.675. The minimum Gasteiger partial charge on any atom is -0.479 e. The molecule has 0 bridgehead atoms. The minimum absolute atomic E-state index is 0.153. The van der Waals surface area contributed by atoms with Crippen LogP contribution in [0, 0.1) is 0 Å². The second kappa shape index (κ2) is 9.38. The van der Waals surface area contributed by atoms with Crippen molar-refractivity contribution in [1.82, 2.24) is 5.32 Å². The van der Waals surface area contributed by atoms with E-state index in [9.17, 15) is 27.9 Å². The molecule has 0 aromatic heterocycles. The normalized spacial score (nSPS) is 18.5. The molecule has 0 aliphatic carbocycles. The number of halogens is 3. The first-order valence-electron chi connectivity index (χ1n) is 9.70. The van der Waals surface area contributed by atoms with Crippen LogP contribution in [0.3, 0.4) is 0 Å². The number of rotatable bonds is 7. The first-order chi connectivity index (χ1) is 14.7. The minimum atomic E-state index is -4.42. The lowest BCUT2D eigenvalue weighted by atomic mass is 9.91. The highest BCUT2D eigenvalue weighted by atomic mass is 19.4. The van der Waals surface area contributed by atoms with Gasteiger partial charge in [0.1, 0.15) is 6.61 Å². The highest BCUT2D eigenvalue weighted by Crippen LogP contribution is 2.30. The second-order valence-electron chi connectivity index (χ2n) is 7.37. The highest BCUT2D eigenvalue weighted by molar-refractivity contribution is 5.78. The summed E-state index contributed by atoms with van der Waals surface area (Å²) in [5.41, 5.74) is -0.0229. The summed E-state index contributed by atoms with van der Waals surface area (Å²) in [5, 5.41) is 12.1. The molecular weight excluding hydrogens is 415 g/mol. The molecule has 1 amide bonds. The largest absolute Gasteiger partial charge is 0.479 e. The molecule has 6 nitrogen and oxygen atoms in total. The first kappa shape index (κ1) is 22.6. The van der Waals surface area contributed by atoms with Gasteiger partial charge in [0, 0.05) is 19.6 Å². The lowest BCUT2D eigenvalue weighted by Crippen LogP contribution is -2.40. The maximum absolute atomic E-state index is 12.6. The van der Waals surface area contributed by atoms with E-state index in [4.69, 9.17) is 9.47 Å².